The number of rotatable bonds is 3. The second-order valence-electron chi connectivity index (χ2n) is 1.59. The number of carbonyl (C=O) groups excluding carboxylic acids is 1. The largest absolute Gasteiger partial charge is 0.469 e. The summed E-state index contributed by atoms with van der Waals surface area (Å²) in [6, 6.07) is 0. The molecule has 3 nitrogen and oxygen atoms in total. The van der Waals surface area contributed by atoms with Gasteiger partial charge in [-0.25, -0.2) is 4.39 Å². The molecule has 0 aliphatic heterocycles. The summed E-state index contributed by atoms with van der Waals surface area (Å²) in [4.78, 5) is 10.2. The molecular weight excluding hydrogens is 127 g/mol. The number of methoxy groups -OCH3 is 1. The highest BCUT2D eigenvalue weighted by Crippen LogP contribution is 1.93. The first-order valence-electron chi connectivity index (χ1n) is 2.51. The molecule has 0 spiro atoms. The van der Waals surface area contributed by atoms with Crippen molar-refractivity contribution in [3.8, 4) is 0 Å². The zero-order valence-corrected chi connectivity index (χ0v) is 5.13. The van der Waals surface area contributed by atoms with E-state index >= 15 is 0 Å². The molecule has 54 valence electrons. The lowest BCUT2D eigenvalue weighted by Gasteiger charge is -2.01. The van der Waals surface area contributed by atoms with Gasteiger partial charge < -0.3 is 9.84 Å². The van der Waals surface area contributed by atoms with E-state index in [1.165, 1.54) is 7.11 Å². The van der Waals surface area contributed by atoms with E-state index in [0.717, 1.165) is 0 Å². The molecule has 0 radical (unpaired) electrons. The fourth-order valence-corrected chi connectivity index (χ4v) is 0.330. The Morgan fingerprint density at radius 3 is 2.78 bits per heavy atom. The van der Waals surface area contributed by atoms with Gasteiger partial charge in [-0.2, -0.15) is 0 Å². The molecular formula is C5H9FO3. The third-order valence-corrected chi connectivity index (χ3v) is 0.808. The van der Waals surface area contributed by atoms with Crippen LogP contribution in [0, 0.1) is 0 Å². The predicted molar refractivity (Wildman–Crippen MR) is 28.6 cm³/mol. The molecule has 1 N–H and O–H groups in total. The SMILES string of the molecule is COC(=O)CC(O)CF. The van der Waals surface area contributed by atoms with Crippen molar-refractivity contribution in [2.24, 2.45) is 0 Å². The summed E-state index contributed by atoms with van der Waals surface area (Å²) in [7, 11) is 1.19. The third-order valence-electron chi connectivity index (χ3n) is 0.808. The van der Waals surface area contributed by atoms with Crippen molar-refractivity contribution >= 4 is 5.97 Å². The van der Waals surface area contributed by atoms with Gasteiger partial charge in [-0.15, -0.1) is 0 Å². The lowest BCUT2D eigenvalue weighted by Crippen LogP contribution is -2.15. The zero-order valence-electron chi connectivity index (χ0n) is 5.13. The van der Waals surface area contributed by atoms with Gasteiger partial charge in [-0.05, 0) is 0 Å². The number of ether oxygens (including phenoxy) is 1. The van der Waals surface area contributed by atoms with Crippen molar-refractivity contribution < 1.29 is 19.0 Å². The Balaban J connectivity index is 3.34. The molecule has 0 aliphatic rings. The summed E-state index contributed by atoms with van der Waals surface area (Å²) < 4.78 is 15.6. The highest BCUT2D eigenvalue weighted by molar-refractivity contribution is 5.69. The number of halogens is 1. The van der Waals surface area contributed by atoms with Crippen LogP contribution in [0.1, 0.15) is 6.42 Å². The van der Waals surface area contributed by atoms with Gasteiger partial charge in [0.1, 0.15) is 6.67 Å². The maximum Gasteiger partial charge on any atom is 0.308 e. The summed E-state index contributed by atoms with van der Waals surface area (Å²) in [6.07, 6.45) is -1.48. The summed E-state index contributed by atoms with van der Waals surface area (Å²) in [6.45, 7) is -0.908. The normalized spacial score (nSPS) is 12.8. The molecule has 0 bridgehead atoms. The molecule has 0 rings (SSSR count). The first kappa shape index (κ1) is 8.36. The van der Waals surface area contributed by atoms with Crippen LogP contribution in [0.4, 0.5) is 4.39 Å². The van der Waals surface area contributed by atoms with Crippen LogP contribution in [0.25, 0.3) is 0 Å². The Labute approximate surface area is 52.4 Å². The number of aliphatic hydroxyl groups is 1. The first-order chi connectivity index (χ1) is 4.20. The van der Waals surface area contributed by atoms with Gasteiger partial charge in [0.25, 0.3) is 0 Å². The molecule has 0 aromatic heterocycles. The van der Waals surface area contributed by atoms with Crippen molar-refractivity contribution in [2.45, 2.75) is 12.5 Å². The van der Waals surface area contributed by atoms with E-state index in [1.54, 1.807) is 0 Å². The molecule has 9 heavy (non-hydrogen) atoms. The molecule has 0 heterocycles. The Bertz CT molecular complexity index is 94.2. The van der Waals surface area contributed by atoms with Gasteiger partial charge in [0, 0.05) is 0 Å². The molecule has 0 aromatic carbocycles. The Morgan fingerprint density at radius 1 is 1.89 bits per heavy atom. The van der Waals surface area contributed by atoms with E-state index in [2.05, 4.69) is 4.74 Å². The third kappa shape index (κ3) is 3.90. The second kappa shape index (κ2) is 4.26. The van der Waals surface area contributed by atoms with Crippen molar-refractivity contribution in [2.75, 3.05) is 13.8 Å². The fourth-order valence-electron chi connectivity index (χ4n) is 0.330. The minimum atomic E-state index is -1.21. The van der Waals surface area contributed by atoms with E-state index in [-0.39, 0.29) is 6.42 Å². The topological polar surface area (TPSA) is 46.5 Å². The number of hydrogen-bond donors (Lipinski definition) is 1. The van der Waals surface area contributed by atoms with Gasteiger partial charge in [-0.1, -0.05) is 0 Å². The average Bonchev–Trinajstić information content (AvgIpc) is 1.87. The number of aliphatic hydroxyl groups excluding tert-OH is 1. The van der Waals surface area contributed by atoms with Crippen molar-refractivity contribution in [3.63, 3.8) is 0 Å². The van der Waals surface area contributed by atoms with Crippen molar-refractivity contribution in [1.29, 1.82) is 0 Å². The van der Waals surface area contributed by atoms with E-state index in [9.17, 15) is 9.18 Å². The van der Waals surface area contributed by atoms with Crippen LogP contribution in [0.5, 0.6) is 0 Å². The van der Waals surface area contributed by atoms with E-state index in [0.29, 0.717) is 0 Å². The lowest BCUT2D eigenvalue weighted by atomic mass is 10.3. The molecule has 0 saturated heterocycles. The molecule has 0 amide bonds. The van der Waals surface area contributed by atoms with Crippen LogP contribution in [0.15, 0.2) is 0 Å². The maximum absolute atomic E-state index is 11.4. The molecule has 0 aliphatic carbocycles. The second-order valence-corrected chi connectivity index (χ2v) is 1.59. The summed E-state index contributed by atoms with van der Waals surface area (Å²) in [5.74, 6) is -0.597. The van der Waals surface area contributed by atoms with Gasteiger partial charge in [0.15, 0.2) is 0 Å². The molecule has 0 aromatic rings. The summed E-state index contributed by atoms with van der Waals surface area (Å²) in [5, 5.41) is 8.48. The van der Waals surface area contributed by atoms with Gasteiger partial charge in [0.05, 0.1) is 19.6 Å². The lowest BCUT2D eigenvalue weighted by molar-refractivity contribution is -0.143. The van der Waals surface area contributed by atoms with Gasteiger partial charge >= 0.3 is 5.97 Å². The van der Waals surface area contributed by atoms with Crippen LogP contribution >= 0.6 is 0 Å². The Morgan fingerprint density at radius 2 is 2.44 bits per heavy atom. The monoisotopic (exact) mass is 136 g/mol. The van der Waals surface area contributed by atoms with Crippen LogP contribution in [0.2, 0.25) is 0 Å². The number of alkyl halides is 1. The molecule has 4 heteroatoms. The highest BCUT2D eigenvalue weighted by Gasteiger charge is 2.08. The van der Waals surface area contributed by atoms with Gasteiger partial charge in [0.2, 0.25) is 0 Å². The van der Waals surface area contributed by atoms with Gasteiger partial charge in [-0.3, -0.25) is 4.79 Å². The maximum atomic E-state index is 11.4. The predicted octanol–water partition coefficient (Wildman–Crippen LogP) is -0.120. The average molecular weight is 136 g/mol. The smallest absolute Gasteiger partial charge is 0.308 e. The van der Waals surface area contributed by atoms with Crippen molar-refractivity contribution in [3.05, 3.63) is 0 Å². The van der Waals surface area contributed by atoms with E-state index < -0.39 is 18.7 Å². The molecule has 0 saturated carbocycles. The van der Waals surface area contributed by atoms with Crippen LogP contribution in [-0.2, 0) is 9.53 Å². The number of carbonyl (C=O) groups is 1. The van der Waals surface area contributed by atoms with E-state index in [1.807, 2.05) is 0 Å². The van der Waals surface area contributed by atoms with Crippen LogP contribution < -0.4 is 0 Å². The van der Waals surface area contributed by atoms with Crippen molar-refractivity contribution in [1.82, 2.24) is 0 Å². The minimum absolute atomic E-state index is 0.271. The first-order valence-corrected chi connectivity index (χ1v) is 2.51. The standard InChI is InChI=1S/C5H9FO3/c1-9-5(8)2-4(7)3-6/h4,7H,2-3H2,1H3. The Kier molecular flexibility index (Phi) is 3.96. The zero-order chi connectivity index (χ0) is 7.28. The molecule has 0 fully saturated rings. The quantitative estimate of drug-likeness (QED) is 0.550. The Hall–Kier alpha value is -0.640. The number of hydrogen-bond acceptors (Lipinski definition) is 3. The molecule has 1 unspecified atom stereocenters. The van der Waals surface area contributed by atoms with Crippen LogP contribution in [0.3, 0.4) is 0 Å². The summed E-state index contributed by atoms with van der Waals surface area (Å²) in [5.41, 5.74) is 0. The van der Waals surface area contributed by atoms with E-state index in [4.69, 9.17) is 5.11 Å². The summed E-state index contributed by atoms with van der Waals surface area (Å²) >= 11 is 0. The number of esters is 1. The van der Waals surface area contributed by atoms with Crippen LogP contribution in [-0.4, -0.2) is 31.0 Å². The highest BCUT2D eigenvalue weighted by atomic mass is 19.1. The molecule has 1 atom stereocenters. The minimum Gasteiger partial charge on any atom is -0.469 e. The fraction of sp³-hybridized carbons (Fsp3) is 0.800.